The third kappa shape index (κ3) is 3.18. The second kappa shape index (κ2) is 5.86. The molecule has 0 saturated carbocycles. The fourth-order valence-corrected chi connectivity index (χ4v) is 1.66. The van der Waals surface area contributed by atoms with E-state index in [-0.39, 0.29) is 0 Å². The smallest absolute Gasteiger partial charge is 0.156 e. The van der Waals surface area contributed by atoms with Gasteiger partial charge in [-0.2, -0.15) is 5.10 Å². The Labute approximate surface area is 101 Å². The van der Waals surface area contributed by atoms with Crippen molar-refractivity contribution in [3.05, 3.63) is 42.4 Å². The summed E-state index contributed by atoms with van der Waals surface area (Å²) in [6.07, 6.45) is 18.7. The van der Waals surface area contributed by atoms with Crippen LogP contribution in [0.4, 0.5) is 0 Å². The first kappa shape index (κ1) is 11.4. The van der Waals surface area contributed by atoms with Crippen molar-refractivity contribution >= 4 is 5.65 Å². The van der Waals surface area contributed by atoms with E-state index < -0.39 is 0 Å². The van der Waals surface area contributed by atoms with Crippen molar-refractivity contribution in [1.82, 2.24) is 14.6 Å². The molecule has 0 spiro atoms. The van der Waals surface area contributed by atoms with Crippen molar-refractivity contribution in [2.45, 2.75) is 25.7 Å². The summed E-state index contributed by atoms with van der Waals surface area (Å²) in [5, 5.41) is 4.05. The minimum Gasteiger partial charge on any atom is -0.237 e. The molecule has 0 unspecified atom stereocenters. The van der Waals surface area contributed by atoms with Gasteiger partial charge >= 0.3 is 0 Å². The molecule has 17 heavy (non-hydrogen) atoms. The van der Waals surface area contributed by atoms with Gasteiger partial charge in [-0.3, -0.25) is 0 Å². The lowest BCUT2D eigenvalue weighted by Gasteiger charge is -1.97. The molecule has 2 aromatic rings. The molecule has 2 aromatic heterocycles. The van der Waals surface area contributed by atoms with Crippen LogP contribution in [0.2, 0.25) is 0 Å². The first-order valence-corrected chi connectivity index (χ1v) is 5.82. The molecular formula is C14H15N3. The van der Waals surface area contributed by atoms with Crippen LogP contribution in [-0.4, -0.2) is 14.6 Å². The van der Waals surface area contributed by atoms with Crippen LogP contribution in [0, 0.1) is 12.3 Å². The Balaban J connectivity index is 0.000000153. The van der Waals surface area contributed by atoms with Gasteiger partial charge in [0.1, 0.15) is 5.69 Å². The van der Waals surface area contributed by atoms with E-state index in [1.807, 2.05) is 6.20 Å². The molecule has 86 valence electrons. The number of hydrogen-bond donors (Lipinski definition) is 0. The van der Waals surface area contributed by atoms with Crippen molar-refractivity contribution in [2.75, 3.05) is 0 Å². The molecule has 3 nitrogen and oxygen atoms in total. The molecule has 0 fully saturated rings. The first-order valence-electron chi connectivity index (χ1n) is 5.82. The van der Waals surface area contributed by atoms with Gasteiger partial charge < -0.3 is 0 Å². The number of rotatable bonds is 0. The van der Waals surface area contributed by atoms with E-state index in [4.69, 9.17) is 6.42 Å². The van der Waals surface area contributed by atoms with Crippen LogP contribution in [0.5, 0.6) is 0 Å². The molecule has 3 heteroatoms. The zero-order valence-electron chi connectivity index (χ0n) is 9.71. The maximum atomic E-state index is 5.16. The summed E-state index contributed by atoms with van der Waals surface area (Å²) >= 11 is 0. The van der Waals surface area contributed by atoms with Crippen molar-refractivity contribution in [1.29, 1.82) is 0 Å². The fraction of sp³-hybridized carbons (Fsp3) is 0.286. The predicted octanol–water partition coefficient (Wildman–Crippen LogP) is 2.83. The molecule has 0 bridgehead atoms. The maximum absolute atomic E-state index is 5.16. The molecule has 1 aliphatic rings. The Kier molecular flexibility index (Phi) is 3.93. The van der Waals surface area contributed by atoms with Crippen molar-refractivity contribution in [2.24, 2.45) is 0 Å². The van der Waals surface area contributed by atoms with Gasteiger partial charge in [-0.15, -0.1) is 6.42 Å². The minimum absolute atomic E-state index is 0.615. The molecule has 0 atom stereocenters. The van der Waals surface area contributed by atoms with Crippen molar-refractivity contribution in [3.63, 3.8) is 0 Å². The normalized spacial score (nSPS) is 13.8. The third-order valence-electron chi connectivity index (χ3n) is 2.54. The van der Waals surface area contributed by atoms with Crippen LogP contribution in [0.15, 0.2) is 36.7 Å². The van der Waals surface area contributed by atoms with Gasteiger partial charge in [-0.05, 0) is 37.7 Å². The molecule has 0 saturated heterocycles. The average molecular weight is 225 g/mol. The Hall–Kier alpha value is -2.08. The molecule has 0 radical (unpaired) electrons. The van der Waals surface area contributed by atoms with E-state index in [2.05, 4.69) is 28.2 Å². The summed E-state index contributed by atoms with van der Waals surface area (Å²) in [6, 6.07) is 3.57. The Morgan fingerprint density at radius 1 is 1.24 bits per heavy atom. The minimum atomic E-state index is 0.615. The SMILES string of the molecule is C#Cc1cc2ncccn2n1.C1=CCCCC1. The number of nitrogens with zero attached hydrogens (tertiary/aromatic N) is 3. The summed E-state index contributed by atoms with van der Waals surface area (Å²) in [7, 11) is 0. The number of allylic oxidation sites excluding steroid dienone is 2. The number of fused-ring (bicyclic) bond motifs is 1. The number of hydrogen-bond acceptors (Lipinski definition) is 2. The molecule has 1 aliphatic carbocycles. The largest absolute Gasteiger partial charge is 0.237 e. The molecule has 0 amide bonds. The lowest BCUT2D eigenvalue weighted by atomic mass is 10.1. The van der Waals surface area contributed by atoms with Crippen molar-refractivity contribution in [3.8, 4) is 12.3 Å². The maximum Gasteiger partial charge on any atom is 0.156 e. The topological polar surface area (TPSA) is 30.2 Å². The zero-order valence-corrected chi connectivity index (χ0v) is 9.71. The van der Waals surface area contributed by atoms with E-state index in [0.29, 0.717) is 5.69 Å². The van der Waals surface area contributed by atoms with Gasteiger partial charge in [0, 0.05) is 18.5 Å². The van der Waals surface area contributed by atoms with Gasteiger partial charge in [0.05, 0.1) is 0 Å². The number of terminal acetylenes is 1. The number of aromatic nitrogens is 3. The molecular weight excluding hydrogens is 210 g/mol. The Morgan fingerprint density at radius 3 is 2.53 bits per heavy atom. The van der Waals surface area contributed by atoms with Gasteiger partial charge in [0.2, 0.25) is 0 Å². The zero-order chi connectivity index (χ0) is 11.9. The van der Waals surface area contributed by atoms with E-state index >= 15 is 0 Å². The molecule has 0 aromatic carbocycles. The fourth-order valence-electron chi connectivity index (χ4n) is 1.66. The second-order valence-corrected chi connectivity index (χ2v) is 3.85. The van der Waals surface area contributed by atoms with E-state index in [1.165, 1.54) is 25.7 Å². The van der Waals surface area contributed by atoms with Crippen LogP contribution in [-0.2, 0) is 0 Å². The standard InChI is InChI=1S/C8H5N3.C6H10/c1-2-7-6-8-9-4-3-5-11(8)10-7;1-2-4-6-5-3-1/h1,3-6H;1-2H,3-6H2. The Bertz CT molecular complexity index is 505. The highest BCUT2D eigenvalue weighted by molar-refractivity contribution is 5.43. The van der Waals surface area contributed by atoms with Gasteiger partial charge in [0.25, 0.3) is 0 Å². The molecule has 0 aliphatic heterocycles. The molecule has 0 N–H and O–H groups in total. The van der Waals surface area contributed by atoms with Gasteiger partial charge in [-0.25, -0.2) is 9.50 Å². The molecule has 3 rings (SSSR count). The van der Waals surface area contributed by atoms with Crippen LogP contribution in [0.3, 0.4) is 0 Å². The van der Waals surface area contributed by atoms with E-state index in [0.717, 1.165) is 5.65 Å². The highest BCUT2D eigenvalue weighted by atomic mass is 15.2. The summed E-state index contributed by atoms with van der Waals surface area (Å²) in [4.78, 5) is 4.05. The lowest BCUT2D eigenvalue weighted by molar-refractivity contribution is 0.730. The monoisotopic (exact) mass is 225 g/mol. The van der Waals surface area contributed by atoms with E-state index in [1.54, 1.807) is 22.8 Å². The summed E-state index contributed by atoms with van der Waals surface area (Å²) in [5.41, 5.74) is 1.39. The van der Waals surface area contributed by atoms with Crippen molar-refractivity contribution < 1.29 is 0 Å². The van der Waals surface area contributed by atoms with E-state index in [9.17, 15) is 0 Å². The summed E-state index contributed by atoms with van der Waals surface area (Å²) in [6.45, 7) is 0. The summed E-state index contributed by atoms with van der Waals surface area (Å²) < 4.78 is 1.65. The highest BCUT2D eigenvalue weighted by Gasteiger charge is 1.96. The summed E-state index contributed by atoms with van der Waals surface area (Å²) in [5.74, 6) is 2.44. The van der Waals surface area contributed by atoms with Crippen LogP contribution >= 0.6 is 0 Å². The third-order valence-corrected chi connectivity index (χ3v) is 2.54. The van der Waals surface area contributed by atoms with Gasteiger partial charge in [0.15, 0.2) is 5.65 Å². The predicted molar refractivity (Wildman–Crippen MR) is 68.5 cm³/mol. The average Bonchev–Trinajstić information content (AvgIpc) is 2.84. The highest BCUT2D eigenvalue weighted by Crippen LogP contribution is 2.07. The van der Waals surface area contributed by atoms with Gasteiger partial charge in [-0.1, -0.05) is 12.2 Å². The lowest BCUT2D eigenvalue weighted by Crippen LogP contribution is -1.86. The Morgan fingerprint density at radius 2 is 2.00 bits per heavy atom. The quantitative estimate of drug-likeness (QED) is 0.510. The first-order chi connectivity index (χ1) is 8.40. The van der Waals surface area contributed by atoms with Crippen LogP contribution < -0.4 is 0 Å². The second-order valence-electron chi connectivity index (χ2n) is 3.85. The van der Waals surface area contributed by atoms with Crippen LogP contribution in [0.1, 0.15) is 31.4 Å². The van der Waals surface area contributed by atoms with Crippen LogP contribution in [0.25, 0.3) is 5.65 Å². The molecule has 2 heterocycles.